The lowest BCUT2D eigenvalue weighted by Crippen LogP contribution is -2.43. The van der Waals surface area contributed by atoms with Crippen LogP contribution in [0.2, 0.25) is 0 Å². The number of Topliss-reactive ketones (excluding diaryl/α,β-unsaturated/α-hetero) is 1. The van der Waals surface area contributed by atoms with E-state index in [-0.39, 0.29) is 29.5 Å². The van der Waals surface area contributed by atoms with Gasteiger partial charge in [-0.3, -0.25) is 4.79 Å². The quantitative estimate of drug-likeness (QED) is 0.707. The Balaban J connectivity index is 2.03. The summed E-state index contributed by atoms with van der Waals surface area (Å²) >= 11 is 0. The number of rotatable bonds is 7. The predicted octanol–water partition coefficient (Wildman–Crippen LogP) is 1.16. The van der Waals surface area contributed by atoms with E-state index in [0.717, 1.165) is 6.42 Å². The number of sulfone groups is 1. The molecule has 0 aliphatic carbocycles. The molecule has 0 radical (unpaired) electrons. The van der Waals surface area contributed by atoms with E-state index in [1.54, 1.807) is 0 Å². The van der Waals surface area contributed by atoms with E-state index in [0.29, 0.717) is 19.6 Å². The Hall–Kier alpha value is -1.35. The van der Waals surface area contributed by atoms with E-state index in [1.807, 2.05) is 20.8 Å². The van der Waals surface area contributed by atoms with Crippen LogP contribution in [0.3, 0.4) is 0 Å². The molecule has 25 heavy (non-hydrogen) atoms. The van der Waals surface area contributed by atoms with Crippen molar-refractivity contribution in [2.24, 2.45) is 5.92 Å². The SMILES string of the molecule is CC(C)(C)n1nnc(CC(=O)C(C)(C)S(=O)(=O)CC[C@@H]2CCOC2)n1. The molecule has 1 saturated heterocycles. The van der Waals surface area contributed by atoms with Crippen LogP contribution < -0.4 is 0 Å². The van der Waals surface area contributed by atoms with Crippen LogP contribution >= 0.6 is 0 Å². The van der Waals surface area contributed by atoms with Crippen molar-refractivity contribution in [3.8, 4) is 0 Å². The molecule has 0 N–H and O–H groups in total. The molecule has 2 heterocycles. The highest BCUT2D eigenvalue weighted by molar-refractivity contribution is 7.93. The van der Waals surface area contributed by atoms with Crippen molar-refractivity contribution in [3.63, 3.8) is 0 Å². The maximum absolute atomic E-state index is 12.7. The van der Waals surface area contributed by atoms with Crippen LogP contribution in [-0.2, 0) is 31.3 Å². The number of hydrogen-bond donors (Lipinski definition) is 0. The molecule has 142 valence electrons. The summed E-state index contributed by atoms with van der Waals surface area (Å²) in [5.41, 5.74) is -0.348. The van der Waals surface area contributed by atoms with Crippen molar-refractivity contribution in [1.82, 2.24) is 20.2 Å². The second-order valence-corrected chi connectivity index (χ2v) is 10.8. The number of ether oxygens (including phenoxy) is 1. The fourth-order valence-corrected chi connectivity index (χ4v) is 4.09. The van der Waals surface area contributed by atoms with Crippen LogP contribution in [0.15, 0.2) is 0 Å². The van der Waals surface area contributed by atoms with Crippen molar-refractivity contribution in [2.45, 2.75) is 64.2 Å². The lowest BCUT2D eigenvalue weighted by atomic mass is 10.1. The van der Waals surface area contributed by atoms with Gasteiger partial charge in [0.15, 0.2) is 21.4 Å². The standard InChI is InChI=1S/C16H28N4O4S/c1-15(2,3)20-18-14(17-19-20)10-13(21)16(4,5)25(22,23)9-7-12-6-8-24-11-12/h12H,6-11H2,1-5H3/t12-/m0/s1. The van der Waals surface area contributed by atoms with Gasteiger partial charge in [-0.1, -0.05) is 0 Å². The number of hydrogen-bond acceptors (Lipinski definition) is 7. The van der Waals surface area contributed by atoms with Gasteiger partial charge in [-0.2, -0.15) is 4.80 Å². The Bertz CT molecular complexity index is 713. The molecule has 0 spiro atoms. The Kier molecular flexibility index (Phi) is 5.68. The third-order valence-electron chi connectivity index (χ3n) is 4.64. The average molecular weight is 372 g/mol. The largest absolute Gasteiger partial charge is 0.381 e. The molecule has 1 aliphatic heterocycles. The van der Waals surface area contributed by atoms with Crippen LogP contribution in [0.25, 0.3) is 0 Å². The molecule has 8 nitrogen and oxygen atoms in total. The van der Waals surface area contributed by atoms with Crippen molar-refractivity contribution in [2.75, 3.05) is 19.0 Å². The molecule has 0 aromatic carbocycles. The van der Waals surface area contributed by atoms with Crippen molar-refractivity contribution < 1.29 is 17.9 Å². The van der Waals surface area contributed by atoms with Crippen LogP contribution in [0.5, 0.6) is 0 Å². The smallest absolute Gasteiger partial charge is 0.182 e. The number of aromatic nitrogens is 4. The summed E-state index contributed by atoms with van der Waals surface area (Å²) in [6.45, 7) is 9.96. The van der Waals surface area contributed by atoms with Gasteiger partial charge >= 0.3 is 0 Å². The highest BCUT2D eigenvalue weighted by atomic mass is 32.2. The maximum atomic E-state index is 12.7. The normalized spacial score (nSPS) is 19.3. The molecule has 0 saturated carbocycles. The highest BCUT2D eigenvalue weighted by Crippen LogP contribution is 2.24. The Morgan fingerprint density at radius 2 is 1.96 bits per heavy atom. The van der Waals surface area contributed by atoms with Gasteiger partial charge in [-0.05, 0) is 58.6 Å². The molecule has 0 amide bonds. The lowest BCUT2D eigenvalue weighted by molar-refractivity contribution is -0.120. The van der Waals surface area contributed by atoms with Gasteiger partial charge in [0.05, 0.1) is 17.7 Å². The van der Waals surface area contributed by atoms with Gasteiger partial charge in [0.1, 0.15) is 4.75 Å². The first kappa shape index (κ1) is 20.0. The minimum Gasteiger partial charge on any atom is -0.381 e. The van der Waals surface area contributed by atoms with E-state index in [4.69, 9.17) is 4.74 Å². The molecule has 0 bridgehead atoms. The number of ketones is 1. The third-order valence-corrected chi connectivity index (χ3v) is 7.20. The minimum absolute atomic E-state index is 0.0120. The molecule has 1 atom stereocenters. The van der Waals surface area contributed by atoms with Gasteiger partial charge < -0.3 is 4.74 Å². The Morgan fingerprint density at radius 3 is 2.48 bits per heavy atom. The first-order chi connectivity index (χ1) is 11.4. The summed E-state index contributed by atoms with van der Waals surface area (Å²) in [7, 11) is -3.58. The first-order valence-electron chi connectivity index (χ1n) is 8.56. The number of carbonyl (C=O) groups is 1. The summed E-state index contributed by atoms with van der Waals surface area (Å²) in [4.78, 5) is 14.0. The molecule has 2 rings (SSSR count). The molecular formula is C16H28N4O4S. The van der Waals surface area contributed by atoms with E-state index in [9.17, 15) is 13.2 Å². The second kappa shape index (κ2) is 7.11. The molecule has 9 heteroatoms. The van der Waals surface area contributed by atoms with E-state index in [2.05, 4.69) is 15.4 Å². The van der Waals surface area contributed by atoms with E-state index in [1.165, 1.54) is 18.6 Å². The Morgan fingerprint density at radius 1 is 1.28 bits per heavy atom. The van der Waals surface area contributed by atoms with Crippen molar-refractivity contribution in [1.29, 1.82) is 0 Å². The summed E-state index contributed by atoms with van der Waals surface area (Å²) in [5.74, 6) is 0.0760. The Labute approximate surface area is 149 Å². The maximum Gasteiger partial charge on any atom is 0.182 e. The van der Waals surface area contributed by atoms with E-state index < -0.39 is 20.4 Å². The number of tetrazole rings is 1. The summed E-state index contributed by atoms with van der Waals surface area (Å²) in [5, 5.41) is 12.0. The fourth-order valence-electron chi connectivity index (χ4n) is 2.52. The van der Waals surface area contributed by atoms with Crippen molar-refractivity contribution in [3.05, 3.63) is 5.82 Å². The molecular weight excluding hydrogens is 344 g/mol. The topological polar surface area (TPSA) is 104 Å². The second-order valence-electron chi connectivity index (χ2n) is 8.11. The number of nitrogens with zero attached hydrogens (tertiary/aromatic N) is 4. The zero-order valence-corrected chi connectivity index (χ0v) is 16.5. The lowest BCUT2D eigenvalue weighted by Gasteiger charge is -2.23. The number of carbonyl (C=O) groups excluding carboxylic acids is 1. The van der Waals surface area contributed by atoms with Gasteiger partial charge in [-0.15, -0.1) is 10.2 Å². The molecule has 1 fully saturated rings. The van der Waals surface area contributed by atoms with E-state index >= 15 is 0 Å². The van der Waals surface area contributed by atoms with Gasteiger partial charge in [-0.25, -0.2) is 8.42 Å². The monoisotopic (exact) mass is 372 g/mol. The first-order valence-corrected chi connectivity index (χ1v) is 10.2. The van der Waals surface area contributed by atoms with Crippen LogP contribution in [0.4, 0.5) is 0 Å². The van der Waals surface area contributed by atoms with Gasteiger partial charge in [0.25, 0.3) is 0 Å². The zero-order chi connectivity index (χ0) is 18.9. The summed E-state index contributed by atoms with van der Waals surface area (Å²) in [6.07, 6.45) is 1.26. The third kappa shape index (κ3) is 4.63. The van der Waals surface area contributed by atoms with Crippen LogP contribution in [-0.4, -0.2) is 58.1 Å². The van der Waals surface area contributed by atoms with Gasteiger partial charge in [0.2, 0.25) is 0 Å². The zero-order valence-electron chi connectivity index (χ0n) is 15.7. The highest BCUT2D eigenvalue weighted by Gasteiger charge is 2.41. The molecule has 1 aromatic rings. The van der Waals surface area contributed by atoms with Crippen LogP contribution in [0.1, 0.15) is 53.3 Å². The summed E-state index contributed by atoms with van der Waals surface area (Å²) in [6, 6.07) is 0. The fraction of sp³-hybridized carbons (Fsp3) is 0.875. The minimum atomic E-state index is -3.58. The van der Waals surface area contributed by atoms with Crippen LogP contribution in [0, 0.1) is 5.92 Å². The molecule has 0 unspecified atom stereocenters. The average Bonchev–Trinajstić information content (AvgIpc) is 3.15. The van der Waals surface area contributed by atoms with Crippen molar-refractivity contribution >= 4 is 15.6 Å². The van der Waals surface area contributed by atoms with Gasteiger partial charge in [0, 0.05) is 13.2 Å². The molecule has 1 aromatic heterocycles. The predicted molar refractivity (Wildman–Crippen MR) is 92.9 cm³/mol. The molecule has 1 aliphatic rings. The summed E-state index contributed by atoms with van der Waals surface area (Å²) < 4.78 is 29.2.